The van der Waals surface area contributed by atoms with Gasteiger partial charge in [0, 0.05) is 5.97 Å². The summed E-state index contributed by atoms with van der Waals surface area (Å²) in [6.07, 6.45) is 0.166. The van der Waals surface area contributed by atoms with Crippen LogP contribution in [0.2, 0.25) is 5.02 Å². The molecule has 1 N–H and O–H groups in total. The van der Waals surface area contributed by atoms with Crippen LogP contribution >= 0.6 is 11.6 Å². The second kappa shape index (κ2) is 7.55. The number of sulfonamides is 1. The molecule has 0 fully saturated rings. The number of carbonyl (C=O) groups is 1. The molecule has 0 saturated heterocycles. The second-order valence-electron chi connectivity index (χ2n) is 4.97. The Labute approximate surface area is 145 Å². The second-order valence-corrected chi connectivity index (χ2v) is 7.06. The molecule has 24 heavy (non-hydrogen) atoms. The first-order valence-corrected chi connectivity index (χ1v) is 8.83. The van der Waals surface area contributed by atoms with Gasteiger partial charge in [0.25, 0.3) is 10.0 Å². The Bertz CT molecular complexity index is 834. The van der Waals surface area contributed by atoms with Crippen LogP contribution in [0.5, 0.6) is 5.75 Å². The van der Waals surface area contributed by atoms with Crippen LogP contribution in [0.25, 0.3) is 0 Å². The van der Waals surface area contributed by atoms with Gasteiger partial charge in [0.1, 0.15) is 5.75 Å². The number of aryl methyl sites for hydroxylation is 1. The molecule has 0 aliphatic heterocycles. The molecule has 0 aromatic heterocycles. The highest BCUT2D eigenvalue weighted by molar-refractivity contribution is 7.92. The average Bonchev–Trinajstić information content (AvgIpc) is 2.53. The van der Waals surface area contributed by atoms with Crippen molar-refractivity contribution in [2.75, 3.05) is 11.8 Å². The van der Waals surface area contributed by atoms with Gasteiger partial charge in [0.2, 0.25) is 0 Å². The van der Waals surface area contributed by atoms with Crippen molar-refractivity contribution >= 4 is 33.3 Å². The number of halogens is 1. The molecular weight excluding hydrogens is 354 g/mol. The molecule has 6 nitrogen and oxygen atoms in total. The lowest BCUT2D eigenvalue weighted by molar-refractivity contribution is -0.305. The van der Waals surface area contributed by atoms with E-state index in [4.69, 9.17) is 16.3 Å². The highest BCUT2D eigenvalue weighted by Crippen LogP contribution is 2.28. The molecule has 0 heterocycles. The van der Waals surface area contributed by atoms with Crippen LogP contribution in [0, 0.1) is 0 Å². The van der Waals surface area contributed by atoms with Crippen molar-refractivity contribution in [3.63, 3.8) is 0 Å². The molecular formula is C16H15ClNO5S-. The summed E-state index contributed by atoms with van der Waals surface area (Å²) in [6.45, 7) is 0. The number of hydrogen-bond acceptors (Lipinski definition) is 5. The summed E-state index contributed by atoms with van der Waals surface area (Å²) < 4.78 is 32.1. The molecule has 0 aliphatic carbocycles. The first kappa shape index (κ1) is 18.1. The molecule has 2 aromatic rings. The molecule has 0 radical (unpaired) electrons. The predicted octanol–water partition coefficient (Wildman–Crippen LogP) is 1.83. The number of hydrogen-bond donors (Lipinski definition) is 1. The van der Waals surface area contributed by atoms with Crippen LogP contribution in [-0.4, -0.2) is 21.5 Å². The lowest BCUT2D eigenvalue weighted by Crippen LogP contribution is -2.22. The van der Waals surface area contributed by atoms with E-state index in [0.717, 1.165) is 0 Å². The maximum Gasteiger partial charge on any atom is 0.261 e. The van der Waals surface area contributed by atoms with E-state index in [1.54, 1.807) is 18.2 Å². The van der Waals surface area contributed by atoms with Gasteiger partial charge >= 0.3 is 0 Å². The number of nitrogens with one attached hydrogen (secondary N) is 1. The Morgan fingerprint density at radius 1 is 1.21 bits per heavy atom. The number of aliphatic carboxylic acids is 1. The SMILES string of the molecule is COc1ccc(NS(=O)(=O)c2ccc(CCC(=O)[O-])cc2)cc1Cl. The molecule has 0 bridgehead atoms. The minimum Gasteiger partial charge on any atom is -0.550 e. The fourth-order valence-corrected chi connectivity index (χ4v) is 3.33. The van der Waals surface area contributed by atoms with E-state index in [1.165, 1.54) is 31.4 Å². The summed E-state index contributed by atoms with van der Waals surface area (Å²) in [7, 11) is -2.31. The zero-order valence-corrected chi connectivity index (χ0v) is 14.4. The number of carboxylic acid groups (broad SMARTS) is 1. The van der Waals surface area contributed by atoms with Crippen molar-refractivity contribution < 1.29 is 23.1 Å². The van der Waals surface area contributed by atoms with Gasteiger partial charge in [-0.05, 0) is 48.7 Å². The van der Waals surface area contributed by atoms with E-state index in [9.17, 15) is 18.3 Å². The number of anilines is 1. The fourth-order valence-electron chi connectivity index (χ4n) is 2.03. The Hall–Kier alpha value is -2.25. The van der Waals surface area contributed by atoms with E-state index in [2.05, 4.69) is 4.72 Å². The topological polar surface area (TPSA) is 95.5 Å². The number of ether oxygens (including phenoxy) is 1. The minimum atomic E-state index is -3.78. The summed E-state index contributed by atoms with van der Waals surface area (Å²) in [4.78, 5) is 10.5. The van der Waals surface area contributed by atoms with Gasteiger partial charge < -0.3 is 14.6 Å². The summed E-state index contributed by atoms with van der Waals surface area (Å²) >= 11 is 5.97. The van der Waals surface area contributed by atoms with Crippen molar-refractivity contribution in [1.82, 2.24) is 0 Å². The monoisotopic (exact) mass is 368 g/mol. The number of rotatable bonds is 7. The minimum absolute atomic E-state index is 0.0617. The zero-order chi connectivity index (χ0) is 17.7. The van der Waals surface area contributed by atoms with Gasteiger partial charge in [-0.15, -0.1) is 0 Å². The summed E-state index contributed by atoms with van der Waals surface area (Å²) in [5.41, 5.74) is 1.02. The maximum absolute atomic E-state index is 12.4. The standard InChI is InChI=1S/C16H16ClNO5S/c1-23-15-8-5-12(10-14(15)17)18-24(21,22)13-6-2-11(3-7-13)4-9-16(19)20/h2-3,5-8,10,18H,4,9H2,1H3,(H,19,20)/p-1. The van der Waals surface area contributed by atoms with Gasteiger partial charge in [-0.3, -0.25) is 4.72 Å². The molecule has 2 aromatic carbocycles. The van der Waals surface area contributed by atoms with Crippen molar-refractivity contribution in [1.29, 1.82) is 0 Å². The van der Waals surface area contributed by atoms with Gasteiger partial charge in [0.05, 0.1) is 22.7 Å². The highest BCUT2D eigenvalue weighted by atomic mass is 35.5. The molecule has 0 amide bonds. The first-order valence-electron chi connectivity index (χ1n) is 6.97. The Kier molecular flexibility index (Phi) is 5.69. The zero-order valence-electron chi connectivity index (χ0n) is 12.8. The predicted molar refractivity (Wildman–Crippen MR) is 88.6 cm³/mol. The van der Waals surface area contributed by atoms with Crippen LogP contribution in [-0.2, 0) is 21.2 Å². The Morgan fingerprint density at radius 3 is 2.42 bits per heavy atom. The molecule has 2 rings (SSSR count). The van der Waals surface area contributed by atoms with Crippen LogP contribution in [0.1, 0.15) is 12.0 Å². The smallest absolute Gasteiger partial charge is 0.261 e. The average molecular weight is 369 g/mol. The van der Waals surface area contributed by atoms with Crippen molar-refractivity contribution in [2.45, 2.75) is 17.7 Å². The van der Waals surface area contributed by atoms with E-state index in [-0.39, 0.29) is 22.8 Å². The van der Waals surface area contributed by atoms with E-state index >= 15 is 0 Å². The van der Waals surface area contributed by atoms with E-state index in [1.807, 2.05) is 0 Å². The van der Waals surface area contributed by atoms with E-state index in [0.29, 0.717) is 17.0 Å². The molecule has 0 atom stereocenters. The summed E-state index contributed by atoms with van der Waals surface area (Å²) in [5, 5.41) is 10.7. The molecule has 0 spiro atoms. The third kappa shape index (κ3) is 4.62. The first-order chi connectivity index (χ1) is 11.3. The molecule has 0 aliphatic rings. The number of benzene rings is 2. The van der Waals surface area contributed by atoms with Crippen molar-refractivity contribution in [2.24, 2.45) is 0 Å². The maximum atomic E-state index is 12.4. The Morgan fingerprint density at radius 2 is 1.88 bits per heavy atom. The quantitative estimate of drug-likeness (QED) is 0.804. The van der Waals surface area contributed by atoms with Gasteiger partial charge in [0.15, 0.2) is 0 Å². The molecule has 0 unspecified atom stereocenters. The third-order valence-electron chi connectivity index (χ3n) is 3.26. The third-order valence-corrected chi connectivity index (χ3v) is 4.95. The van der Waals surface area contributed by atoms with Gasteiger partial charge in [-0.1, -0.05) is 23.7 Å². The van der Waals surface area contributed by atoms with Gasteiger partial charge in [-0.2, -0.15) is 0 Å². The Balaban J connectivity index is 2.15. The molecule has 0 saturated carbocycles. The van der Waals surface area contributed by atoms with Crippen LogP contribution < -0.4 is 14.6 Å². The largest absolute Gasteiger partial charge is 0.550 e. The number of carbonyl (C=O) groups excluding carboxylic acids is 1. The van der Waals surface area contributed by atoms with Crippen molar-refractivity contribution in [3.8, 4) is 5.75 Å². The van der Waals surface area contributed by atoms with Crippen LogP contribution in [0.4, 0.5) is 5.69 Å². The summed E-state index contributed by atoms with van der Waals surface area (Å²) in [6, 6.07) is 10.5. The normalized spacial score (nSPS) is 11.1. The van der Waals surface area contributed by atoms with E-state index < -0.39 is 16.0 Å². The lowest BCUT2D eigenvalue weighted by atomic mass is 10.1. The van der Waals surface area contributed by atoms with Crippen LogP contribution in [0.15, 0.2) is 47.4 Å². The molecule has 8 heteroatoms. The van der Waals surface area contributed by atoms with Crippen LogP contribution in [0.3, 0.4) is 0 Å². The molecule has 128 valence electrons. The van der Waals surface area contributed by atoms with Gasteiger partial charge in [-0.25, -0.2) is 8.42 Å². The highest BCUT2D eigenvalue weighted by Gasteiger charge is 2.15. The lowest BCUT2D eigenvalue weighted by Gasteiger charge is -2.10. The summed E-state index contributed by atoms with van der Waals surface area (Å²) in [5.74, 6) is -0.707. The number of methoxy groups -OCH3 is 1. The van der Waals surface area contributed by atoms with Crippen molar-refractivity contribution in [3.05, 3.63) is 53.1 Å². The number of carboxylic acids is 1. The fraction of sp³-hybridized carbons (Fsp3) is 0.188.